The average molecular weight is 471 g/mol. The van der Waals surface area contributed by atoms with Gasteiger partial charge in [-0.1, -0.05) is 68.5 Å². The highest BCUT2D eigenvalue weighted by atomic mass is 35.5. The van der Waals surface area contributed by atoms with Crippen molar-refractivity contribution in [1.82, 2.24) is 5.32 Å². The molecule has 0 spiro atoms. The third-order valence-electron chi connectivity index (χ3n) is 4.78. The Morgan fingerprint density at radius 3 is 2.39 bits per heavy atom. The Bertz CT molecular complexity index is 758. The molecule has 0 heterocycles. The SMILES string of the molecule is CCCC(CCCC(=O)CC(C)(C)C)NC(=O)CC/C(=N\OC)c1ccc(Cl)c(Cl)c1. The number of hydrogen-bond acceptors (Lipinski definition) is 4. The molecule has 0 aliphatic rings. The zero-order valence-electron chi connectivity index (χ0n) is 19.4. The van der Waals surface area contributed by atoms with Crippen LogP contribution in [0.15, 0.2) is 23.4 Å². The standard InChI is InChI=1S/C24H36Cl2N2O3/c1-6-8-18(9-7-10-19(29)16-24(2,3)4)27-23(30)14-13-22(28-31-5)17-11-12-20(25)21(26)15-17/h11-12,15,18H,6-10,13-14,16H2,1-5H3,(H,27,30)/b28-22+. The number of oxime groups is 1. The minimum Gasteiger partial charge on any atom is -0.399 e. The molecule has 1 unspecified atom stereocenters. The first-order valence-corrected chi connectivity index (χ1v) is 11.7. The molecule has 0 aliphatic heterocycles. The second-order valence-corrected chi connectivity index (χ2v) is 9.89. The zero-order chi connectivity index (χ0) is 23.4. The van der Waals surface area contributed by atoms with E-state index in [1.165, 1.54) is 7.11 Å². The summed E-state index contributed by atoms with van der Waals surface area (Å²) in [7, 11) is 1.47. The van der Waals surface area contributed by atoms with E-state index in [0.29, 0.717) is 35.0 Å². The molecule has 5 nitrogen and oxygen atoms in total. The van der Waals surface area contributed by atoms with Gasteiger partial charge in [0.2, 0.25) is 5.91 Å². The summed E-state index contributed by atoms with van der Waals surface area (Å²) in [5.41, 5.74) is 1.42. The van der Waals surface area contributed by atoms with Crippen molar-refractivity contribution < 1.29 is 14.4 Å². The molecule has 174 valence electrons. The van der Waals surface area contributed by atoms with E-state index in [4.69, 9.17) is 28.0 Å². The van der Waals surface area contributed by atoms with Crippen LogP contribution in [0.1, 0.15) is 84.6 Å². The number of nitrogens with one attached hydrogen (secondary N) is 1. The predicted molar refractivity (Wildman–Crippen MR) is 129 cm³/mol. The van der Waals surface area contributed by atoms with E-state index in [9.17, 15) is 9.59 Å². The number of halogens is 2. The average Bonchev–Trinajstić information content (AvgIpc) is 2.66. The molecule has 0 fully saturated rings. The van der Waals surface area contributed by atoms with E-state index in [0.717, 1.165) is 31.2 Å². The van der Waals surface area contributed by atoms with Crippen LogP contribution in [0.25, 0.3) is 0 Å². The normalized spacial score (nSPS) is 13.1. The van der Waals surface area contributed by atoms with Gasteiger partial charge in [0.1, 0.15) is 12.9 Å². The first kappa shape index (κ1) is 27.4. The number of hydrogen-bond donors (Lipinski definition) is 1. The van der Waals surface area contributed by atoms with E-state index < -0.39 is 0 Å². The molecule has 1 aromatic carbocycles. The van der Waals surface area contributed by atoms with Gasteiger partial charge in [-0.3, -0.25) is 9.59 Å². The third kappa shape index (κ3) is 11.6. The molecule has 7 heteroatoms. The molecule has 1 amide bonds. The van der Waals surface area contributed by atoms with Crippen LogP contribution in [0.3, 0.4) is 0 Å². The van der Waals surface area contributed by atoms with Crippen molar-refractivity contribution in [3.63, 3.8) is 0 Å². The minimum atomic E-state index is -0.0386. The topological polar surface area (TPSA) is 67.8 Å². The summed E-state index contributed by atoms with van der Waals surface area (Å²) in [6.07, 6.45) is 5.32. The van der Waals surface area contributed by atoms with Crippen LogP contribution in [0.2, 0.25) is 10.0 Å². The van der Waals surface area contributed by atoms with Crippen molar-refractivity contribution >= 4 is 40.6 Å². The highest BCUT2D eigenvalue weighted by Gasteiger charge is 2.18. The number of amides is 1. The molecule has 1 N–H and O–H groups in total. The summed E-state index contributed by atoms with van der Waals surface area (Å²) >= 11 is 12.1. The Morgan fingerprint density at radius 2 is 1.81 bits per heavy atom. The number of carbonyl (C=O) groups is 2. The molecular formula is C24H36Cl2N2O3. The predicted octanol–water partition coefficient (Wildman–Crippen LogP) is 6.58. The largest absolute Gasteiger partial charge is 0.399 e. The van der Waals surface area contributed by atoms with Gasteiger partial charge in [0, 0.05) is 37.3 Å². The van der Waals surface area contributed by atoms with Gasteiger partial charge < -0.3 is 10.2 Å². The fourth-order valence-electron chi connectivity index (χ4n) is 3.42. The lowest BCUT2D eigenvalue weighted by Gasteiger charge is -2.19. The first-order valence-electron chi connectivity index (χ1n) is 10.9. The molecule has 0 aromatic heterocycles. The summed E-state index contributed by atoms with van der Waals surface area (Å²) in [5, 5.41) is 8.05. The maximum absolute atomic E-state index is 12.6. The monoisotopic (exact) mass is 470 g/mol. The van der Waals surface area contributed by atoms with Crippen LogP contribution in [-0.2, 0) is 14.4 Å². The number of Topliss-reactive ketones (excluding diaryl/α,β-unsaturated/α-hetero) is 1. The molecule has 0 saturated heterocycles. The molecule has 0 radical (unpaired) electrons. The Kier molecular flexibility index (Phi) is 12.2. The number of nitrogens with zero attached hydrogens (tertiary/aromatic N) is 1. The van der Waals surface area contributed by atoms with Crippen LogP contribution < -0.4 is 5.32 Å². The lowest BCUT2D eigenvalue weighted by molar-refractivity contribution is -0.121. The van der Waals surface area contributed by atoms with Gasteiger partial charge in [-0.15, -0.1) is 0 Å². The second kappa shape index (κ2) is 13.7. The zero-order valence-corrected chi connectivity index (χ0v) is 20.9. The molecular weight excluding hydrogens is 435 g/mol. The third-order valence-corrected chi connectivity index (χ3v) is 5.52. The van der Waals surface area contributed by atoms with Crippen molar-refractivity contribution in [2.75, 3.05) is 7.11 Å². The molecule has 0 saturated carbocycles. The van der Waals surface area contributed by atoms with Crippen molar-refractivity contribution in [2.45, 2.75) is 85.1 Å². The molecule has 0 bridgehead atoms. The Labute approximate surface area is 196 Å². The number of carbonyl (C=O) groups excluding carboxylic acids is 2. The van der Waals surface area contributed by atoms with Gasteiger partial charge in [0.15, 0.2) is 0 Å². The summed E-state index contributed by atoms with van der Waals surface area (Å²) in [4.78, 5) is 29.6. The van der Waals surface area contributed by atoms with Crippen LogP contribution in [0, 0.1) is 5.41 Å². The lowest BCUT2D eigenvalue weighted by atomic mass is 9.88. The Hall–Kier alpha value is -1.59. The van der Waals surface area contributed by atoms with E-state index in [1.807, 2.05) is 0 Å². The maximum Gasteiger partial charge on any atom is 0.220 e. The number of ketones is 1. The molecule has 1 atom stereocenters. The smallest absolute Gasteiger partial charge is 0.220 e. The van der Waals surface area contributed by atoms with Crippen LogP contribution >= 0.6 is 23.2 Å². The highest BCUT2D eigenvalue weighted by Crippen LogP contribution is 2.24. The number of benzene rings is 1. The second-order valence-electron chi connectivity index (χ2n) is 9.07. The molecule has 1 aromatic rings. The Balaban J connectivity index is 2.58. The van der Waals surface area contributed by atoms with Gasteiger partial charge in [0.25, 0.3) is 0 Å². The summed E-state index contributed by atoms with van der Waals surface area (Å²) in [6, 6.07) is 5.29. The highest BCUT2D eigenvalue weighted by molar-refractivity contribution is 6.42. The van der Waals surface area contributed by atoms with Crippen LogP contribution in [0.5, 0.6) is 0 Å². The summed E-state index contributed by atoms with van der Waals surface area (Å²) in [5.74, 6) is 0.249. The Morgan fingerprint density at radius 1 is 1.10 bits per heavy atom. The fourth-order valence-corrected chi connectivity index (χ4v) is 3.72. The minimum absolute atomic E-state index is 0.0178. The maximum atomic E-state index is 12.6. The van der Waals surface area contributed by atoms with Gasteiger partial charge in [-0.25, -0.2) is 0 Å². The molecule has 31 heavy (non-hydrogen) atoms. The fraction of sp³-hybridized carbons (Fsp3) is 0.625. The van der Waals surface area contributed by atoms with E-state index >= 15 is 0 Å². The van der Waals surface area contributed by atoms with Crippen molar-refractivity contribution in [3.05, 3.63) is 33.8 Å². The quantitative estimate of drug-likeness (QED) is 0.261. The summed E-state index contributed by atoms with van der Waals surface area (Å²) < 4.78 is 0. The van der Waals surface area contributed by atoms with Crippen LogP contribution in [0.4, 0.5) is 0 Å². The summed E-state index contributed by atoms with van der Waals surface area (Å²) in [6.45, 7) is 8.32. The van der Waals surface area contributed by atoms with Gasteiger partial charge in [-0.05, 0) is 36.8 Å². The van der Waals surface area contributed by atoms with E-state index in [1.54, 1.807) is 18.2 Å². The first-order chi connectivity index (χ1) is 14.6. The molecule has 1 rings (SSSR count). The van der Waals surface area contributed by atoms with E-state index in [-0.39, 0.29) is 29.6 Å². The van der Waals surface area contributed by atoms with E-state index in [2.05, 4.69) is 38.2 Å². The van der Waals surface area contributed by atoms with Gasteiger partial charge in [-0.2, -0.15) is 0 Å². The van der Waals surface area contributed by atoms with Gasteiger partial charge in [0.05, 0.1) is 15.8 Å². The van der Waals surface area contributed by atoms with Crippen molar-refractivity contribution in [3.8, 4) is 0 Å². The van der Waals surface area contributed by atoms with Crippen LogP contribution in [-0.4, -0.2) is 30.6 Å². The number of rotatable bonds is 13. The van der Waals surface area contributed by atoms with Crippen molar-refractivity contribution in [2.24, 2.45) is 10.6 Å². The lowest BCUT2D eigenvalue weighted by Crippen LogP contribution is -2.35. The van der Waals surface area contributed by atoms with Gasteiger partial charge >= 0.3 is 0 Å². The molecule has 0 aliphatic carbocycles. The van der Waals surface area contributed by atoms with Crippen molar-refractivity contribution in [1.29, 1.82) is 0 Å².